The Bertz CT molecular complexity index is 1040. The van der Waals surface area contributed by atoms with Gasteiger partial charge in [0, 0.05) is 24.4 Å². The van der Waals surface area contributed by atoms with Crippen molar-refractivity contribution < 1.29 is 14.3 Å². The van der Waals surface area contributed by atoms with Gasteiger partial charge in [0.2, 0.25) is 0 Å². The van der Waals surface area contributed by atoms with E-state index in [1.807, 2.05) is 26.0 Å². The minimum Gasteiger partial charge on any atom is -0.484 e. The van der Waals surface area contributed by atoms with Crippen LogP contribution in [0.15, 0.2) is 48.5 Å². The molecule has 29 heavy (non-hydrogen) atoms. The molecule has 0 aliphatic carbocycles. The van der Waals surface area contributed by atoms with E-state index in [1.54, 1.807) is 41.1 Å². The Labute approximate surface area is 173 Å². The van der Waals surface area contributed by atoms with E-state index >= 15 is 0 Å². The zero-order chi connectivity index (χ0) is 21.0. The molecule has 0 spiro atoms. The summed E-state index contributed by atoms with van der Waals surface area (Å²) in [4.78, 5) is 23.8. The van der Waals surface area contributed by atoms with Crippen LogP contribution >= 0.6 is 11.6 Å². The summed E-state index contributed by atoms with van der Waals surface area (Å²) >= 11 is 6.20. The number of carbonyl (C=O) groups is 2. The van der Waals surface area contributed by atoms with Crippen LogP contribution in [0.3, 0.4) is 0 Å². The maximum absolute atomic E-state index is 12.6. The first-order valence-electron chi connectivity index (χ1n) is 8.96. The van der Waals surface area contributed by atoms with Gasteiger partial charge < -0.3 is 15.4 Å². The summed E-state index contributed by atoms with van der Waals surface area (Å²) in [5.74, 6) is -0.00187. The van der Waals surface area contributed by atoms with Crippen LogP contribution in [0.2, 0.25) is 5.02 Å². The van der Waals surface area contributed by atoms with Crippen molar-refractivity contribution in [1.29, 1.82) is 0 Å². The number of rotatable bonds is 6. The number of anilines is 1. The van der Waals surface area contributed by atoms with Crippen LogP contribution in [0.1, 0.15) is 21.7 Å². The van der Waals surface area contributed by atoms with Crippen LogP contribution in [0, 0.1) is 13.8 Å². The normalized spacial score (nSPS) is 10.5. The number of halogens is 1. The summed E-state index contributed by atoms with van der Waals surface area (Å²) in [6.45, 7) is 3.65. The molecule has 2 aromatic carbocycles. The second-order valence-corrected chi connectivity index (χ2v) is 6.77. The van der Waals surface area contributed by atoms with E-state index < -0.39 is 0 Å². The molecule has 1 heterocycles. The molecular formula is C21H21ClN4O3. The van der Waals surface area contributed by atoms with Crippen LogP contribution in [0.25, 0.3) is 5.69 Å². The van der Waals surface area contributed by atoms with Crippen molar-refractivity contribution in [3.05, 3.63) is 70.5 Å². The van der Waals surface area contributed by atoms with Gasteiger partial charge in [0.1, 0.15) is 5.75 Å². The summed E-state index contributed by atoms with van der Waals surface area (Å²) in [5, 5.41) is 10.3. The standard InChI is InChI=1S/C21H21ClN4O3/c1-13-20(22)14(2)26(25-13)17-9-7-15(8-10-17)21(28)24-16-5-4-6-18(11-16)29-12-19(27)23-3/h4-11H,12H2,1-3H3,(H,23,27)(H,24,28). The number of hydrogen-bond acceptors (Lipinski definition) is 4. The van der Waals surface area contributed by atoms with E-state index in [0.717, 1.165) is 17.1 Å². The third-order valence-electron chi connectivity index (χ3n) is 4.32. The van der Waals surface area contributed by atoms with E-state index in [-0.39, 0.29) is 18.4 Å². The highest BCUT2D eigenvalue weighted by Crippen LogP contribution is 2.23. The van der Waals surface area contributed by atoms with Gasteiger partial charge in [0.15, 0.2) is 6.61 Å². The average Bonchev–Trinajstić information content (AvgIpc) is 2.99. The van der Waals surface area contributed by atoms with Gasteiger partial charge in [-0.3, -0.25) is 9.59 Å². The first-order valence-corrected chi connectivity index (χ1v) is 9.34. The van der Waals surface area contributed by atoms with E-state index in [9.17, 15) is 9.59 Å². The highest BCUT2D eigenvalue weighted by Gasteiger charge is 2.12. The highest BCUT2D eigenvalue weighted by atomic mass is 35.5. The molecule has 0 saturated heterocycles. The second-order valence-electron chi connectivity index (χ2n) is 6.39. The van der Waals surface area contributed by atoms with Crippen molar-refractivity contribution in [2.45, 2.75) is 13.8 Å². The molecule has 0 radical (unpaired) electrons. The summed E-state index contributed by atoms with van der Waals surface area (Å²) in [5.41, 5.74) is 3.48. The molecule has 0 fully saturated rings. The van der Waals surface area contributed by atoms with Crippen molar-refractivity contribution in [2.75, 3.05) is 19.0 Å². The molecular weight excluding hydrogens is 392 g/mol. The molecule has 0 atom stereocenters. The largest absolute Gasteiger partial charge is 0.484 e. The van der Waals surface area contributed by atoms with Crippen molar-refractivity contribution in [2.24, 2.45) is 0 Å². The Morgan fingerprint density at radius 3 is 2.48 bits per heavy atom. The van der Waals surface area contributed by atoms with E-state index in [2.05, 4.69) is 15.7 Å². The fourth-order valence-electron chi connectivity index (χ4n) is 2.72. The lowest BCUT2D eigenvalue weighted by Crippen LogP contribution is -2.24. The van der Waals surface area contributed by atoms with Crippen LogP contribution < -0.4 is 15.4 Å². The first-order chi connectivity index (χ1) is 13.9. The molecule has 0 saturated carbocycles. The molecule has 0 aliphatic rings. The van der Waals surface area contributed by atoms with Crippen LogP contribution in [0.4, 0.5) is 5.69 Å². The number of aryl methyl sites for hydroxylation is 1. The molecule has 0 unspecified atom stereocenters. The third-order valence-corrected chi connectivity index (χ3v) is 4.86. The Kier molecular flexibility index (Phi) is 6.19. The van der Waals surface area contributed by atoms with Crippen LogP contribution in [-0.2, 0) is 4.79 Å². The fourth-order valence-corrected chi connectivity index (χ4v) is 2.83. The fraction of sp³-hybridized carbons (Fsp3) is 0.190. The van der Waals surface area contributed by atoms with E-state index in [4.69, 9.17) is 16.3 Å². The first kappa shape index (κ1) is 20.4. The van der Waals surface area contributed by atoms with Crippen LogP contribution in [0.5, 0.6) is 5.75 Å². The summed E-state index contributed by atoms with van der Waals surface area (Å²) < 4.78 is 7.13. The number of nitrogens with zero attached hydrogens (tertiary/aromatic N) is 2. The Hall–Kier alpha value is -3.32. The van der Waals surface area contributed by atoms with E-state index in [0.29, 0.717) is 22.0 Å². The van der Waals surface area contributed by atoms with Gasteiger partial charge in [-0.05, 0) is 50.2 Å². The second kappa shape index (κ2) is 8.79. The molecule has 150 valence electrons. The number of amides is 2. The molecule has 0 aliphatic heterocycles. The SMILES string of the molecule is CNC(=O)COc1cccc(NC(=O)c2ccc(-n3nc(C)c(Cl)c3C)cc2)c1. The average molecular weight is 413 g/mol. The number of carbonyl (C=O) groups excluding carboxylic acids is 2. The topological polar surface area (TPSA) is 85.3 Å². The smallest absolute Gasteiger partial charge is 0.257 e. The summed E-state index contributed by atoms with van der Waals surface area (Å²) in [6, 6.07) is 13.9. The quantitative estimate of drug-likeness (QED) is 0.648. The van der Waals surface area contributed by atoms with Gasteiger partial charge in [0.05, 0.1) is 22.1 Å². The molecule has 3 aromatic rings. The zero-order valence-electron chi connectivity index (χ0n) is 16.3. The lowest BCUT2D eigenvalue weighted by Gasteiger charge is -2.10. The number of nitrogens with one attached hydrogen (secondary N) is 2. The van der Waals surface area contributed by atoms with Gasteiger partial charge in [-0.1, -0.05) is 17.7 Å². The van der Waals surface area contributed by atoms with E-state index in [1.165, 1.54) is 7.05 Å². The van der Waals surface area contributed by atoms with Crippen molar-refractivity contribution in [3.8, 4) is 11.4 Å². The van der Waals surface area contributed by atoms with Crippen LogP contribution in [-0.4, -0.2) is 35.2 Å². The van der Waals surface area contributed by atoms with Crippen molar-refractivity contribution in [3.63, 3.8) is 0 Å². The molecule has 2 N–H and O–H groups in total. The predicted molar refractivity (Wildman–Crippen MR) is 112 cm³/mol. The lowest BCUT2D eigenvalue weighted by atomic mass is 10.2. The summed E-state index contributed by atoms with van der Waals surface area (Å²) in [7, 11) is 1.54. The molecule has 2 amide bonds. The lowest BCUT2D eigenvalue weighted by molar-refractivity contribution is -0.122. The van der Waals surface area contributed by atoms with Crippen molar-refractivity contribution in [1.82, 2.24) is 15.1 Å². The maximum Gasteiger partial charge on any atom is 0.257 e. The third kappa shape index (κ3) is 4.75. The molecule has 0 bridgehead atoms. The van der Waals surface area contributed by atoms with Crippen molar-refractivity contribution >= 4 is 29.1 Å². The molecule has 7 nitrogen and oxygen atoms in total. The predicted octanol–water partition coefficient (Wildman–Crippen LogP) is 3.52. The molecule has 8 heteroatoms. The monoisotopic (exact) mass is 412 g/mol. The minimum absolute atomic E-state index is 0.0916. The summed E-state index contributed by atoms with van der Waals surface area (Å²) in [6.07, 6.45) is 0. The number of likely N-dealkylation sites (N-methyl/N-ethyl adjacent to an activating group) is 1. The molecule has 3 rings (SSSR count). The Morgan fingerprint density at radius 1 is 1.14 bits per heavy atom. The minimum atomic E-state index is -0.258. The zero-order valence-corrected chi connectivity index (χ0v) is 17.1. The highest BCUT2D eigenvalue weighted by molar-refractivity contribution is 6.31. The number of aromatic nitrogens is 2. The van der Waals surface area contributed by atoms with Gasteiger partial charge in [-0.2, -0.15) is 5.10 Å². The number of hydrogen-bond donors (Lipinski definition) is 2. The van der Waals surface area contributed by atoms with Gasteiger partial charge in [0.25, 0.3) is 11.8 Å². The van der Waals surface area contributed by atoms with Gasteiger partial charge >= 0.3 is 0 Å². The number of benzene rings is 2. The van der Waals surface area contributed by atoms with Gasteiger partial charge in [-0.15, -0.1) is 0 Å². The Morgan fingerprint density at radius 2 is 1.86 bits per heavy atom. The number of ether oxygens (including phenoxy) is 1. The molecule has 1 aromatic heterocycles. The van der Waals surface area contributed by atoms with Gasteiger partial charge in [-0.25, -0.2) is 4.68 Å². The maximum atomic E-state index is 12.6. The Balaban J connectivity index is 1.70.